The molecule has 194 valence electrons. The lowest BCUT2D eigenvalue weighted by Crippen LogP contribution is -2.41. The highest BCUT2D eigenvalue weighted by Gasteiger charge is 2.37. The van der Waals surface area contributed by atoms with Gasteiger partial charge in [0.2, 0.25) is 11.8 Å². The van der Waals surface area contributed by atoms with Crippen molar-refractivity contribution >= 4 is 17.7 Å². The summed E-state index contributed by atoms with van der Waals surface area (Å²) in [6, 6.07) is 2.42. The molecule has 0 radical (unpaired) electrons. The van der Waals surface area contributed by atoms with Crippen LogP contribution in [0.1, 0.15) is 42.5 Å². The number of nitrogens with one attached hydrogen (secondary N) is 1. The fourth-order valence-electron chi connectivity index (χ4n) is 4.73. The number of pyridine rings is 1. The molecule has 12 heteroatoms. The van der Waals surface area contributed by atoms with Crippen molar-refractivity contribution in [1.29, 1.82) is 0 Å². The number of amides is 2. The number of rotatable bonds is 6. The van der Waals surface area contributed by atoms with Gasteiger partial charge in [-0.2, -0.15) is 0 Å². The molecule has 2 heterocycles. The van der Waals surface area contributed by atoms with E-state index in [1.165, 1.54) is 13.3 Å². The number of nitrogens with zero attached hydrogens (tertiary/aromatic N) is 2. The fourth-order valence-corrected chi connectivity index (χ4v) is 4.73. The molecule has 1 aliphatic carbocycles. The summed E-state index contributed by atoms with van der Waals surface area (Å²) in [5.74, 6) is -5.00. The number of halogens is 4. The predicted molar refractivity (Wildman–Crippen MR) is 122 cm³/mol. The van der Waals surface area contributed by atoms with Crippen LogP contribution in [0.2, 0.25) is 0 Å². The number of methoxy groups -OCH3 is 1. The molecule has 1 aromatic carbocycles. The van der Waals surface area contributed by atoms with Gasteiger partial charge in [0.25, 0.3) is 5.91 Å². The number of anilines is 1. The average Bonchev–Trinajstić information content (AvgIpc) is 3.26. The molecule has 1 saturated heterocycles. The summed E-state index contributed by atoms with van der Waals surface area (Å²) in [6.07, 6.45) is -0.319. The molecular formula is C24H26F4N4O4. The van der Waals surface area contributed by atoms with Crippen LogP contribution in [-0.4, -0.2) is 55.3 Å². The van der Waals surface area contributed by atoms with Crippen LogP contribution < -0.4 is 20.7 Å². The number of benzene rings is 1. The molecule has 0 bridgehead atoms. The lowest BCUT2D eigenvalue weighted by molar-refractivity contribution is -0.0399. The fraction of sp³-hybridized carbons (Fsp3) is 0.458. The number of carbonyl (C=O) groups excluding carboxylic acids is 2. The third-order valence-corrected chi connectivity index (χ3v) is 6.40. The quantitative estimate of drug-likeness (QED) is 0.569. The van der Waals surface area contributed by atoms with Crippen LogP contribution in [0.25, 0.3) is 11.1 Å². The van der Waals surface area contributed by atoms with Gasteiger partial charge >= 0.3 is 6.09 Å². The summed E-state index contributed by atoms with van der Waals surface area (Å²) in [5.41, 5.74) is 5.72. The standard InChI is InChI=1S/C24H26F4N4O4/c1-35-22-19(13-8-14(25)10-15(26)9-13)20(32-7-4-17(12-32)36-23(29)34)18(11-30-22)21(33)31-16-2-5-24(27,28)6-3-16/h8-11,16-17H,2-7,12H2,1H3,(H2,29,34)(H,31,33)/t17-/m0/s1. The van der Waals surface area contributed by atoms with E-state index in [-0.39, 0.29) is 60.5 Å². The number of hydrogen-bond donors (Lipinski definition) is 2. The van der Waals surface area contributed by atoms with Gasteiger partial charge in [-0.1, -0.05) is 0 Å². The maximum absolute atomic E-state index is 14.2. The second kappa shape index (κ2) is 10.2. The topological polar surface area (TPSA) is 107 Å². The number of aromatic nitrogens is 1. The molecule has 36 heavy (non-hydrogen) atoms. The lowest BCUT2D eigenvalue weighted by atomic mass is 9.92. The van der Waals surface area contributed by atoms with Crippen molar-refractivity contribution < 1.29 is 36.6 Å². The third kappa shape index (κ3) is 5.63. The summed E-state index contributed by atoms with van der Waals surface area (Å²) in [4.78, 5) is 30.5. The van der Waals surface area contributed by atoms with E-state index in [1.807, 2.05) is 0 Å². The molecule has 1 aromatic heterocycles. The van der Waals surface area contributed by atoms with Crippen molar-refractivity contribution in [2.24, 2.45) is 5.73 Å². The van der Waals surface area contributed by atoms with Crippen molar-refractivity contribution in [3.05, 3.63) is 41.6 Å². The van der Waals surface area contributed by atoms with Crippen molar-refractivity contribution in [2.45, 2.75) is 50.2 Å². The molecule has 1 saturated carbocycles. The summed E-state index contributed by atoms with van der Waals surface area (Å²) in [5, 5.41) is 2.79. The number of hydrogen-bond acceptors (Lipinski definition) is 6. The second-order valence-corrected chi connectivity index (χ2v) is 8.96. The maximum atomic E-state index is 14.2. The molecule has 4 rings (SSSR count). The Kier molecular flexibility index (Phi) is 7.23. The summed E-state index contributed by atoms with van der Waals surface area (Å²) >= 11 is 0. The van der Waals surface area contributed by atoms with Crippen molar-refractivity contribution in [3.63, 3.8) is 0 Å². The van der Waals surface area contributed by atoms with E-state index < -0.39 is 41.7 Å². The zero-order valence-corrected chi connectivity index (χ0v) is 19.5. The summed E-state index contributed by atoms with van der Waals surface area (Å²) in [7, 11) is 1.33. The molecule has 8 nitrogen and oxygen atoms in total. The van der Waals surface area contributed by atoms with Crippen molar-refractivity contribution in [3.8, 4) is 17.0 Å². The van der Waals surface area contributed by atoms with Gasteiger partial charge in [-0.3, -0.25) is 4.79 Å². The van der Waals surface area contributed by atoms with Crippen LogP contribution in [0.3, 0.4) is 0 Å². The Hall–Kier alpha value is -3.57. The Labute approximate surface area is 204 Å². The van der Waals surface area contributed by atoms with E-state index in [1.54, 1.807) is 4.90 Å². The van der Waals surface area contributed by atoms with E-state index >= 15 is 0 Å². The van der Waals surface area contributed by atoms with E-state index in [4.69, 9.17) is 15.2 Å². The normalized spacial score (nSPS) is 19.7. The largest absolute Gasteiger partial charge is 0.480 e. The smallest absolute Gasteiger partial charge is 0.404 e. The molecule has 2 aromatic rings. The second-order valence-electron chi connectivity index (χ2n) is 8.96. The first-order valence-corrected chi connectivity index (χ1v) is 11.5. The van der Waals surface area contributed by atoms with E-state index in [0.29, 0.717) is 19.0 Å². The molecule has 1 atom stereocenters. The minimum Gasteiger partial charge on any atom is -0.480 e. The van der Waals surface area contributed by atoms with Gasteiger partial charge in [0, 0.05) is 44.1 Å². The van der Waals surface area contributed by atoms with Crippen LogP contribution in [0, 0.1) is 11.6 Å². The van der Waals surface area contributed by atoms with Crippen LogP contribution in [0.5, 0.6) is 5.88 Å². The predicted octanol–water partition coefficient (Wildman–Crippen LogP) is 4.02. The minimum absolute atomic E-state index is 0.0168. The Bertz CT molecular complexity index is 1130. The highest BCUT2D eigenvalue weighted by atomic mass is 19.3. The van der Waals surface area contributed by atoms with Gasteiger partial charge in [0.05, 0.1) is 30.5 Å². The van der Waals surface area contributed by atoms with Crippen LogP contribution >= 0.6 is 0 Å². The zero-order valence-electron chi connectivity index (χ0n) is 19.5. The Morgan fingerprint density at radius 2 is 1.81 bits per heavy atom. The molecule has 2 fully saturated rings. The molecule has 2 amide bonds. The van der Waals surface area contributed by atoms with Crippen LogP contribution in [0.4, 0.5) is 28.0 Å². The Balaban J connectivity index is 1.77. The SMILES string of the molecule is COc1ncc(C(=O)NC2CCC(F)(F)CC2)c(N2CC[C@H](OC(N)=O)C2)c1-c1cc(F)cc(F)c1. The van der Waals surface area contributed by atoms with E-state index in [9.17, 15) is 27.2 Å². The summed E-state index contributed by atoms with van der Waals surface area (Å²) < 4.78 is 66.0. The highest BCUT2D eigenvalue weighted by Crippen LogP contribution is 2.42. The number of nitrogens with two attached hydrogens (primary N) is 1. The summed E-state index contributed by atoms with van der Waals surface area (Å²) in [6.45, 7) is 0.475. The number of ether oxygens (including phenoxy) is 2. The van der Waals surface area contributed by atoms with Gasteiger partial charge < -0.3 is 25.4 Å². The minimum atomic E-state index is -2.76. The number of alkyl halides is 2. The number of carbonyl (C=O) groups is 2. The van der Waals surface area contributed by atoms with E-state index in [0.717, 1.165) is 12.1 Å². The lowest BCUT2D eigenvalue weighted by Gasteiger charge is -2.30. The Morgan fingerprint density at radius 1 is 1.14 bits per heavy atom. The highest BCUT2D eigenvalue weighted by molar-refractivity contribution is 6.04. The Morgan fingerprint density at radius 3 is 2.42 bits per heavy atom. The molecule has 0 spiro atoms. The first kappa shape index (κ1) is 25.5. The van der Waals surface area contributed by atoms with Crippen molar-refractivity contribution in [2.75, 3.05) is 25.1 Å². The van der Waals surface area contributed by atoms with Gasteiger partial charge in [-0.05, 0) is 30.5 Å². The van der Waals surface area contributed by atoms with E-state index in [2.05, 4.69) is 10.3 Å². The monoisotopic (exact) mass is 510 g/mol. The zero-order chi connectivity index (χ0) is 26.0. The third-order valence-electron chi connectivity index (χ3n) is 6.40. The molecule has 0 unspecified atom stereocenters. The molecular weight excluding hydrogens is 484 g/mol. The van der Waals surface area contributed by atoms with Crippen molar-refractivity contribution in [1.82, 2.24) is 10.3 Å². The van der Waals surface area contributed by atoms with Gasteiger partial charge in [-0.15, -0.1) is 0 Å². The molecule has 2 aliphatic rings. The van der Waals surface area contributed by atoms with Crippen LogP contribution in [0.15, 0.2) is 24.4 Å². The molecule has 3 N–H and O–H groups in total. The molecule has 1 aliphatic heterocycles. The van der Waals surface area contributed by atoms with Crippen LogP contribution in [-0.2, 0) is 4.74 Å². The first-order chi connectivity index (χ1) is 17.1. The number of primary amides is 1. The van der Waals surface area contributed by atoms with Gasteiger partial charge in [0.1, 0.15) is 17.7 Å². The first-order valence-electron chi connectivity index (χ1n) is 11.5. The van der Waals surface area contributed by atoms with Gasteiger partial charge in [0.15, 0.2) is 0 Å². The maximum Gasteiger partial charge on any atom is 0.404 e. The average molecular weight is 510 g/mol. The van der Waals surface area contributed by atoms with Gasteiger partial charge in [-0.25, -0.2) is 27.3 Å².